The number of halogens is 1. The first-order valence-corrected chi connectivity index (χ1v) is 9.11. The van der Waals surface area contributed by atoms with E-state index in [0.29, 0.717) is 16.3 Å². The second kappa shape index (κ2) is 10.3. The number of rotatable bonds is 8. The quantitative estimate of drug-likeness (QED) is 0.588. The topological polar surface area (TPSA) is 111 Å². The lowest BCUT2D eigenvalue weighted by atomic mass is 10.0. The van der Waals surface area contributed by atoms with Gasteiger partial charge in [0.25, 0.3) is 5.91 Å². The first-order valence-electron chi connectivity index (χ1n) is 8.73. The molecule has 0 bridgehead atoms. The summed E-state index contributed by atoms with van der Waals surface area (Å²) in [6.07, 6.45) is 0.725. The number of ether oxygens (including phenoxy) is 1. The average molecular weight is 404 g/mol. The molecule has 0 fully saturated rings. The van der Waals surface area contributed by atoms with Gasteiger partial charge in [0.15, 0.2) is 6.61 Å². The van der Waals surface area contributed by atoms with Crippen molar-refractivity contribution < 1.29 is 19.1 Å². The summed E-state index contributed by atoms with van der Waals surface area (Å²) in [6, 6.07) is 12.5. The maximum atomic E-state index is 12.1. The van der Waals surface area contributed by atoms with Crippen LogP contribution in [0.1, 0.15) is 30.5 Å². The van der Waals surface area contributed by atoms with Gasteiger partial charge in [0.2, 0.25) is 0 Å². The van der Waals surface area contributed by atoms with Crippen LogP contribution < -0.4 is 16.4 Å². The number of nitrogens with one attached hydrogen (secondary N) is 2. The molecule has 2 aromatic rings. The zero-order valence-corrected chi connectivity index (χ0v) is 16.2. The average Bonchev–Trinajstić information content (AvgIpc) is 2.67. The van der Waals surface area contributed by atoms with Gasteiger partial charge >= 0.3 is 12.0 Å². The van der Waals surface area contributed by atoms with Crippen molar-refractivity contribution >= 4 is 35.2 Å². The van der Waals surface area contributed by atoms with Gasteiger partial charge in [0, 0.05) is 10.7 Å². The fourth-order valence-electron chi connectivity index (χ4n) is 2.51. The van der Waals surface area contributed by atoms with Gasteiger partial charge in [-0.25, -0.2) is 4.79 Å². The molecule has 0 unspecified atom stereocenters. The fraction of sp³-hybridized carbons (Fsp3) is 0.250. The molecule has 0 aromatic heterocycles. The Labute approximate surface area is 168 Å². The van der Waals surface area contributed by atoms with Crippen LogP contribution in [0, 0.1) is 0 Å². The van der Waals surface area contributed by atoms with Crippen molar-refractivity contribution in [3.8, 4) is 0 Å². The highest BCUT2D eigenvalue weighted by molar-refractivity contribution is 6.30. The van der Waals surface area contributed by atoms with E-state index in [9.17, 15) is 14.4 Å². The van der Waals surface area contributed by atoms with E-state index in [-0.39, 0.29) is 6.42 Å². The normalized spacial score (nSPS) is 11.4. The van der Waals surface area contributed by atoms with Gasteiger partial charge in [0.1, 0.15) is 0 Å². The zero-order chi connectivity index (χ0) is 20.5. The van der Waals surface area contributed by atoms with Crippen molar-refractivity contribution in [1.82, 2.24) is 5.32 Å². The van der Waals surface area contributed by atoms with Crippen molar-refractivity contribution in [2.24, 2.45) is 5.73 Å². The molecule has 0 aliphatic heterocycles. The summed E-state index contributed by atoms with van der Waals surface area (Å²) in [4.78, 5) is 35.3. The standard InChI is InChI=1S/C20H22ClN3O4/c1-2-13-3-9-16(10-4-13)23-18(25)12-28-19(26)11-17(24-20(22)27)14-5-7-15(21)8-6-14/h3-10,17H,2,11-12H2,1H3,(H,23,25)(H3,22,24,27)/t17-/m0/s1. The van der Waals surface area contributed by atoms with Gasteiger partial charge in [-0.3, -0.25) is 9.59 Å². The molecule has 8 heteroatoms. The predicted molar refractivity (Wildman–Crippen MR) is 107 cm³/mol. The van der Waals surface area contributed by atoms with E-state index in [1.54, 1.807) is 36.4 Å². The molecule has 148 valence electrons. The molecule has 2 rings (SSSR count). The summed E-state index contributed by atoms with van der Waals surface area (Å²) in [7, 11) is 0. The van der Waals surface area contributed by atoms with Crippen LogP contribution in [-0.4, -0.2) is 24.5 Å². The monoisotopic (exact) mass is 403 g/mol. The van der Waals surface area contributed by atoms with E-state index >= 15 is 0 Å². The molecule has 0 saturated carbocycles. The Morgan fingerprint density at radius 3 is 2.29 bits per heavy atom. The summed E-state index contributed by atoms with van der Waals surface area (Å²) >= 11 is 5.85. The van der Waals surface area contributed by atoms with E-state index in [1.165, 1.54) is 0 Å². The molecule has 0 saturated heterocycles. The Balaban J connectivity index is 1.88. The van der Waals surface area contributed by atoms with Crippen LogP contribution in [0.2, 0.25) is 5.02 Å². The molecule has 0 aliphatic rings. The maximum absolute atomic E-state index is 12.1. The van der Waals surface area contributed by atoms with E-state index in [1.807, 2.05) is 19.1 Å². The number of hydrogen-bond donors (Lipinski definition) is 3. The summed E-state index contributed by atoms with van der Waals surface area (Å²) in [5.41, 5.74) is 7.58. The molecule has 0 heterocycles. The Morgan fingerprint density at radius 2 is 1.71 bits per heavy atom. The second-order valence-electron chi connectivity index (χ2n) is 6.08. The van der Waals surface area contributed by atoms with Crippen molar-refractivity contribution in [3.05, 3.63) is 64.7 Å². The number of primary amides is 1. The number of aryl methyl sites for hydroxylation is 1. The molecule has 3 amide bonds. The summed E-state index contributed by atoms with van der Waals surface area (Å²) in [5.74, 6) is -1.10. The number of amides is 3. The van der Waals surface area contributed by atoms with Crippen molar-refractivity contribution in [3.63, 3.8) is 0 Å². The Hall–Kier alpha value is -3.06. The number of hydrogen-bond acceptors (Lipinski definition) is 4. The lowest BCUT2D eigenvalue weighted by Crippen LogP contribution is -2.35. The molecule has 0 radical (unpaired) electrons. The number of nitrogens with two attached hydrogens (primary N) is 1. The number of urea groups is 1. The minimum Gasteiger partial charge on any atom is -0.455 e. The molecule has 2 aromatic carbocycles. The lowest BCUT2D eigenvalue weighted by molar-refractivity contribution is -0.147. The van der Waals surface area contributed by atoms with Crippen molar-refractivity contribution in [2.45, 2.75) is 25.8 Å². The van der Waals surface area contributed by atoms with Crippen LogP contribution >= 0.6 is 11.6 Å². The highest BCUT2D eigenvalue weighted by Gasteiger charge is 2.19. The SMILES string of the molecule is CCc1ccc(NC(=O)COC(=O)C[C@H](NC(N)=O)c2ccc(Cl)cc2)cc1. The van der Waals surface area contributed by atoms with Gasteiger partial charge < -0.3 is 21.1 Å². The van der Waals surface area contributed by atoms with Crippen LogP contribution in [0.25, 0.3) is 0 Å². The molecule has 7 nitrogen and oxygen atoms in total. The molecular weight excluding hydrogens is 382 g/mol. The first-order chi connectivity index (χ1) is 13.4. The summed E-state index contributed by atoms with van der Waals surface area (Å²) < 4.78 is 5.01. The Bertz CT molecular complexity index is 822. The summed E-state index contributed by atoms with van der Waals surface area (Å²) in [6.45, 7) is 1.61. The van der Waals surface area contributed by atoms with E-state index in [4.69, 9.17) is 22.1 Å². The Kier molecular flexibility index (Phi) is 7.83. The number of esters is 1. The summed E-state index contributed by atoms with van der Waals surface area (Å²) in [5, 5.41) is 5.65. The first kappa shape index (κ1) is 21.2. The molecule has 4 N–H and O–H groups in total. The van der Waals surface area contributed by atoms with Crippen LogP contribution in [0.5, 0.6) is 0 Å². The maximum Gasteiger partial charge on any atom is 0.312 e. The number of carbonyl (C=O) groups excluding carboxylic acids is 3. The van der Waals surface area contributed by atoms with Gasteiger partial charge in [0.05, 0.1) is 12.5 Å². The van der Waals surface area contributed by atoms with Crippen LogP contribution in [0.4, 0.5) is 10.5 Å². The second-order valence-corrected chi connectivity index (χ2v) is 6.51. The van der Waals surface area contributed by atoms with Crippen LogP contribution in [-0.2, 0) is 20.7 Å². The number of carbonyl (C=O) groups is 3. The smallest absolute Gasteiger partial charge is 0.312 e. The minimum atomic E-state index is -0.777. The van der Waals surface area contributed by atoms with Crippen molar-refractivity contribution in [2.75, 3.05) is 11.9 Å². The molecule has 0 aliphatic carbocycles. The molecule has 1 atom stereocenters. The van der Waals surface area contributed by atoms with E-state index in [0.717, 1.165) is 12.0 Å². The third-order valence-corrected chi connectivity index (χ3v) is 4.22. The lowest BCUT2D eigenvalue weighted by Gasteiger charge is -2.17. The number of anilines is 1. The van der Waals surface area contributed by atoms with E-state index < -0.39 is 30.6 Å². The molecule has 0 spiro atoms. The Morgan fingerprint density at radius 1 is 1.07 bits per heavy atom. The van der Waals surface area contributed by atoms with Gasteiger partial charge in [-0.05, 0) is 41.8 Å². The zero-order valence-electron chi connectivity index (χ0n) is 15.4. The highest BCUT2D eigenvalue weighted by atomic mass is 35.5. The fourth-order valence-corrected chi connectivity index (χ4v) is 2.64. The third kappa shape index (κ3) is 6.92. The molecular formula is C20H22ClN3O4. The van der Waals surface area contributed by atoms with Gasteiger partial charge in [-0.15, -0.1) is 0 Å². The number of benzene rings is 2. The van der Waals surface area contributed by atoms with Crippen LogP contribution in [0.3, 0.4) is 0 Å². The highest BCUT2D eigenvalue weighted by Crippen LogP contribution is 2.20. The largest absolute Gasteiger partial charge is 0.455 e. The third-order valence-electron chi connectivity index (χ3n) is 3.97. The van der Waals surface area contributed by atoms with Gasteiger partial charge in [-0.2, -0.15) is 0 Å². The molecule has 28 heavy (non-hydrogen) atoms. The predicted octanol–water partition coefficient (Wildman–Crippen LogP) is 3.18. The van der Waals surface area contributed by atoms with Gasteiger partial charge in [-0.1, -0.05) is 42.8 Å². The van der Waals surface area contributed by atoms with Crippen LogP contribution in [0.15, 0.2) is 48.5 Å². The van der Waals surface area contributed by atoms with E-state index in [2.05, 4.69) is 10.6 Å². The van der Waals surface area contributed by atoms with Crippen molar-refractivity contribution in [1.29, 1.82) is 0 Å². The minimum absolute atomic E-state index is 0.178.